The lowest BCUT2D eigenvalue weighted by Crippen LogP contribution is -1.84. The summed E-state index contributed by atoms with van der Waals surface area (Å²) in [7, 11) is 0. The van der Waals surface area contributed by atoms with Crippen LogP contribution < -0.4 is 0 Å². The molecule has 1 rings (SSSR count). The largest absolute Gasteiger partial charge is 0.269 e. The first-order valence-corrected chi connectivity index (χ1v) is 2.50. The van der Waals surface area contributed by atoms with E-state index in [9.17, 15) is 10.1 Å². The van der Waals surface area contributed by atoms with Crippen molar-refractivity contribution in [3.63, 3.8) is 0 Å². The van der Waals surface area contributed by atoms with Crippen molar-refractivity contribution in [1.29, 1.82) is 0 Å². The first-order valence-electron chi connectivity index (χ1n) is 2.50. The Hall–Kier alpha value is -0.510. The fraction of sp³-hybridized carbons (Fsp3) is 0. The van der Waals surface area contributed by atoms with E-state index in [4.69, 9.17) is 0 Å². The van der Waals surface area contributed by atoms with Crippen LogP contribution in [0.4, 0.5) is 5.69 Å². The molecule has 0 saturated heterocycles. The third-order valence-corrected chi connectivity index (χ3v) is 0.967. The minimum Gasteiger partial charge on any atom is -0.258 e. The number of hydrogen-bond acceptors (Lipinski definition) is 2. The molecular weight excluding hydrogens is 224 g/mol. The molecule has 70 valence electrons. The fourth-order valence-corrected chi connectivity index (χ4v) is 0.550. The fourth-order valence-electron chi connectivity index (χ4n) is 0.550. The summed E-state index contributed by atoms with van der Waals surface area (Å²) in [5.74, 6) is 0. The highest BCUT2D eigenvalue weighted by Gasteiger charge is 1.98. The highest BCUT2D eigenvalue weighted by molar-refractivity contribution is 5.86. The predicted octanol–water partition coefficient (Wildman–Crippen LogP) is 2.86. The summed E-state index contributed by atoms with van der Waals surface area (Å²) in [6, 6.07) is 7.93. The lowest BCUT2D eigenvalue weighted by atomic mass is 10.3. The molecule has 3 nitrogen and oxygen atoms in total. The van der Waals surface area contributed by atoms with Gasteiger partial charge in [-0.1, -0.05) is 18.2 Å². The number of nitro groups is 1. The average molecular weight is 232 g/mol. The molecule has 0 heterocycles. The number of para-hydroxylation sites is 1. The van der Waals surface area contributed by atoms with Crippen molar-refractivity contribution in [3.8, 4) is 0 Å². The van der Waals surface area contributed by atoms with E-state index in [1.807, 2.05) is 0 Å². The van der Waals surface area contributed by atoms with Crippen molar-refractivity contribution in [3.05, 3.63) is 40.4 Å². The Morgan fingerprint density at radius 1 is 1.00 bits per heavy atom. The topological polar surface area (TPSA) is 43.1 Å². The van der Waals surface area contributed by atoms with Gasteiger partial charge in [-0.05, 0) is 0 Å². The smallest absolute Gasteiger partial charge is 0.258 e. The molecule has 0 bridgehead atoms. The number of nitrogens with zero attached hydrogens (tertiary/aromatic N) is 1. The standard InChI is InChI=1S/C6H5NO2.3ClH/c8-7(9)6-4-2-1-3-5-6;;;/h1-5H;3*1H. The first kappa shape index (κ1) is 17.5. The Morgan fingerprint density at radius 2 is 1.42 bits per heavy atom. The maximum Gasteiger partial charge on any atom is 0.269 e. The van der Waals surface area contributed by atoms with Gasteiger partial charge in [-0.15, -0.1) is 37.2 Å². The van der Waals surface area contributed by atoms with Crippen LogP contribution in [-0.2, 0) is 0 Å². The van der Waals surface area contributed by atoms with Gasteiger partial charge in [0.25, 0.3) is 5.69 Å². The zero-order valence-corrected chi connectivity index (χ0v) is 8.32. The summed E-state index contributed by atoms with van der Waals surface area (Å²) >= 11 is 0. The van der Waals surface area contributed by atoms with E-state index >= 15 is 0 Å². The molecule has 0 N–H and O–H groups in total. The van der Waals surface area contributed by atoms with Gasteiger partial charge in [0.1, 0.15) is 0 Å². The lowest BCUT2D eigenvalue weighted by Gasteiger charge is -1.85. The first-order chi connectivity index (χ1) is 4.30. The van der Waals surface area contributed by atoms with Gasteiger partial charge in [0.05, 0.1) is 4.92 Å². The molecular formula is C6H8Cl3NO2. The maximum absolute atomic E-state index is 10.0. The van der Waals surface area contributed by atoms with E-state index in [-0.39, 0.29) is 42.9 Å². The van der Waals surface area contributed by atoms with Gasteiger partial charge >= 0.3 is 0 Å². The van der Waals surface area contributed by atoms with Crippen LogP contribution in [-0.4, -0.2) is 4.92 Å². The molecule has 0 fully saturated rings. The second kappa shape index (κ2) is 8.59. The Kier molecular flexibility index (Phi) is 12.5. The van der Waals surface area contributed by atoms with Crippen LogP contribution in [0.5, 0.6) is 0 Å². The predicted molar refractivity (Wildman–Crippen MR) is 54.8 cm³/mol. The summed E-state index contributed by atoms with van der Waals surface area (Å²) in [4.78, 5) is 9.59. The molecule has 0 unspecified atom stereocenters. The van der Waals surface area contributed by atoms with Crippen molar-refractivity contribution in [2.45, 2.75) is 0 Å². The number of non-ortho nitro benzene ring substituents is 1. The highest BCUT2D eigenvalue weighted by atomic mass is 35.5. The van der Waals surface area contributed by atoms with Crippen LogP contribution in [0.3, 0.4) is 0 Å². The van der Waals surface area contributed by atoms with E-state index < -0.39 is 4.92 Å². The third kappa shape index (κ3) is 5.18. The molecule has 0 amide bonds. The van der Waals surface area contributed by atoms with E-state index in [0.717, 1.165) is 0 Å². The molecule has 0 atom stereocenters. The van der Waals surface area contributed by atoms with E-state index in [1.165, 1.54) is 12.1 Å². The third-order valence-electron chi connectivity index (χ3n) is 0.967. The highest BCUT2D eigenvalue weighted by Crippen LogP contribution is 2.06. The summed E-state index contributed by atoms with van der Waals surface area (Å²) in [5.41, 5.74) is 0.137. The molecule has 0 aliphatic carbocycles. The van der Waals surface area contributed by atoms with E-state index in [2.05, 4.69) is 0 Å². The lowest BCUT2D eigenvalue weighted by molar-refractivity contribution is -0.384. The molecule has 6 heteroatoms. The average Bonchev–Trinajstić information content (AvgIpc) is 1.90. The van der Waals surface area contributed by atoms with Crippen LogP contribution in [0.15, 0.2) is 30.3 Å². The molecule has 1 aromatic rings. The Balaban J connectivity index is -0.000000270. The zero-order chi connectivity index (χ0) is 6.69. The van der Waals surface area contributed by atoms with Gasteiger partial charge < -0.3 is 0 Å². The molecule has 12 heavy (non-hydrogen) atoms. The number of hydrogen-bond donors (Lipinski definition) is 0. The van der Waals surface area contributed by atoms with Crippen molar-refractivity contribution in [1.82, 2.24) is 0 Å². The van der Waals surface area contributed by atoms with Crippen LogP contribution in [0.25, 0.3) is 0 Å². The number of halogens is 3. The Morgan fingerprint density at radius 3 is 1.67 bits per heavy atom. The van der Waals surface area contributed by atoms with Crippen molar-refractivity contribution < 1.29 is 4.92 Å². The second-order valence-electron chi connectivity index (χ2n) is 1.59. The maximum atomic E-state index is 10.0. The van der Waals surface area contributed by atoms with Crippen molar-refractivity contribution in [2.24, 2.45) is 0 Å². The SMILES string of the molecule is Cl.Cl.Cl.O=[N+]([O-])c1ccccc1. The Bertz CT molecular complexity index is 217. The van der Waals surface area contributed by atoms with Crippen molar-refractivity contribution in [2.75, 3.05) is 0 Å². The molecule has 0 aliphatic heterocycles. The summed E-state index contributed by atoms with van der Waals surface area (Å²) in [6.45, 7) is 0. The zero-order valence-electron chi connectivity index (χ0n) is 5.88. The molecule has 1 aromatic carbocycles. The second-order valence-corrected chi connectivity index (χ2v) is 1.59. The monoisotopic (exact) mass is 231 g/mol. The van der Waals surface area contributed by atoms with Gasteiger partial charge in [0, 0.05) is 12.1 Å². The van der Waals surface area contributed by atoms with Crippen LogP contribution in [0.1, 0.15) is 0 Å². The van der Waals surface area contributed by atoms with Gasteiger partial charge in [-0.25, -0.2) is 0 Å². The molecule has 0 aromatic heterocycles. The summed E-state index contributed by atoms with van der Waals surface area (Å²) in [6.07, 6.45) is 0. The minimum absolute atomic E-state index is 0. The van der Waals surface area contributed by atoms with Gasteiger partial charge in [0.15, 0.2) is 0 Å². The normalized spacial score (nSPS) is 6.67. The van der Waals surface area contributed by atoms with Crippen LogP contribution >= 0.6 is 37.2 Å². The number of benzene rings is 1. The number of nitro benzene ring substituents is 1. The van der Waals surface area contributed by atoms with E-state index in [0.29, 0.717) is 0 Å². The van der Waals surface area contributed by atoms with Crippen molar-refractivity contribution >= 4 is 42.9 Å². The molecule has 0 spiro atoms. The van der Waals surface area contributed by atoms with Crippen LogP contribution in [0, 0.1) is 10.1 Å². The Labute approximate surface area is 88.5 Å². The van der Waals surface area contributed by atoms with Gasteiger partial charge in [-0.2, -0.15) is 0 Å². The minimum atomic E-state index is -0.417. The quantitative estimate of drug-likeness (QED) is 0.552. The molecule has 0 saturated carbocycles. The van der Waals surface area contributed by atoms with Gasteiger partial charge in [-0.3, -0.25) is 10.1 Å². The summed E-state index contributed by atoms with van der Waals surface area (Å²) < 4.78 is 0. The molecule has 0 aliphatic rings. The van der Waals surface area contributed by atoms with Crippen LogP contribution in [0.2, 0.25) is 0 Å². The van der Waals surface area contributed by atoms with E-state index in [1.54, 1.807) is 18.2 Å². The summed E-state index contributed by atoms with van der Waals surface area (Å²) in [5, 5.41) is 10.0. The van der Waals surface area contributed by atoms with Gasteiger partial charge in [0.2, 0.25) is 0 Å². The molecule has 0 radical (unpaired) electrons. The number of rotatable bonds is 1.